The topological polar surface area (TPSA) is 173 Å². The fourth-order valence-corrected chi connectivity index (χ4v) is 5.19. The first-order chi connectivity index (χ1) is 21.5. The van der Waals surface area contributed by atoms with Gasteiger partial charge in [0.15, 0.2) is 0 Å². The van der Waals surface area contributed by atoms with Crippen molar-refractivity contribution in [1.29, 1.82) is 0 Å². The Morgan fingerprint density at radius 2 is 1.48 bits per heavy atom. The number of aliphatic hydroxyl groups excluding tert-OH is 1. The highest BCUT2D eigenvalue weighted by Crippen LogP contribution is 2.37. The zero-order valence-electron chi connectivity index (χ0n) is 27.7. The molecule has 0 radical (unpaired) electrons. The minimum Gasteiger partial charge on any atom is -0.545 e. The lowest BCUT2D eigenvalue weighted by Crippen LogP contribution is -2.39. The molecule has 0 bridgehead atoms. The average Bonchev–Trinajstić information content (AvgIpc) is 3.04. The van der Waals surface area contributed by atoms with Crippen LogP contribution in [-0.2, 0) is 19.1 Å². The van der Waals surface area contributed by atoms with Crippen molar-refractivity contribution in [1.82, 2.24) is 4.90 Å². The zero-order valence-corrected chi connectivity index (χ0v) is 27.7. The van der Waals surface area contributed by atoms with Crippen molar-refractivity contribution in [3.8, 4) is 0 Å². The number of benzene rings is 2. The van der Waals surface area contributed by atoms with Gasteiger partial charge in [-0.3, -0.25) is 9.59 Å². The molecule has 1 N–H and O–H groups in total. The second-order valence-corrected chi connectivity index (χ2v) is 12.4. The van der Waals surface area contributed by atoms with E-state index in [0.29, 0.717) is 24.8 Å². The SMILES string of the molecule is CCC(C)c1cccc(C(C)CC(CC(C)(CC)C(=O)OCC(O)COC(=O)c2ccc(C(=O)[O-])cc2C(=O)[O-])C(=O)N(C)C)c1. The van der Waals surface area contributed by atoms with Gasteiger partial charge in [-0.05, 0) is 73.3 Å². The Balaban J connectivity index is 2.08. The Hall–Kier alpha value is -4.25. The van der Waals surface area contributed by atoms with Crippen LogP contribution in [-0.4, -0.2) is 73.2 Å². The van der Waals surface area contributed by atoms with E-state index in [2.05, 4.69) is 39.0 Å². The maximum absolute atomic E-state index is 13.3. The van der Waals surface area contributed by atoms with Crippen molar-refractivity contribution >= 4 is 29.8 Å². The molecule has 5 atom stereocenters. The van der Waals surface area contributed by atoms with Crippen molar-refractivity contribution in [3.05, 3.63) is 70.3 Å². The Morgan fingerprint density at radius 1 is 0.870 bits per heavy atom. The van der Waals surface area contributed by atoms with Gasteiger partial charge in [0.05, 0.1) is 22.9 Å². The maximum Gasteiger partial charge on any atom is 0.338 e. The molecule has 1 amide bonds. The van der Waals surface area contributed by atoms with Crippen LogP contribution in [0.2, 0.25) is 0 Å². The van der Waals surface area contributed by atoms with Gasteiger partial charge in [0.25, 0.3) is 0 Å². The molecule has 0 aliphatic heterocycles. The first-order valence-electron chi connectivity index (χ1n) is 15.4. The lowest BCUT2D eigenvalue weighted by molar-refractivity contribution is -0.255. The van der Waals surface area contributed by atoms with Crippen molar-refractivity contribution in [3.63, 3.8) is 0 Å². The van der Waals surface area contributed by atoms with E-state index in [1.54, 1.807) is 21.0 Å². The van der Waals surface area contributed by atoms with Crippen LogP contribution in [0.15, 0.2) is 42.5 Å². The molecule has 2 aromatic rings. The van der Waals surface area contributed by atoms with E-state index in [9.17, 15) is 39.3 Å². The number of carbonyl (C=O) groups is 5. The second-order valence-electron chi connectivity index (χ2n) is 12.4. The Labute approximate surface area is 270 Å². The number of aliphatic hydroxyl groups is 1. The minimum absolute atomic E-state index is 0.0426. The summed E-state index contributed by atoms with van der Waals surface area (Å²) in [6.45, 7) is 8.75. The molecule has 0 aliphatic carbocycles. The van der Waals surface area contributed by atoms with Crippen LogP contribution in [0.4, 0.5) is 0 Å². The van der Waals surface area contributed by atoms with Crippen LogP contribution >= 0.6 is 0 Å². The van der Waals surface area contributed by atoms with E-state index in [-0.39, 0.29) is 18.2 Å². The number of carboxylic acid groups (broad SMARTS) is 2. The normalized spacial score (nSPS) is 15.0. The first kappa shape index (κ1) is 37.9. The molecule has 252 valence electrons. The first-order valence-corrected chi connectivity index (χ1v) is 15.4. The van der Waals surface area contributed by atoms with E-state index in [4.69, 9.17) is 9.47 Å². The van der Waals surface area contributed by atoms with Gasteiger partial charge in [-0.15, -0.1) is 0 Å². The van der Waals surface area contributed by atoms with Gasteiger partial charge >= 0.3 is 11.9 Å². The van der Waals surface area contributed by atoms with Crippen molar-refractivity contribution in [2.45, 2.75) is 78.2 Å². The van der Waals surface area contributed by atoms with Crippen LogP contribution in [0, 0.1) is 11.3 Å². The molecule has 11 heteroatoms. The van der Waals surface area contributed by atoms with Crippen LogP contribution in [0.3, 0.4) is 0 Å². The number of aromatic carboxylic acids is 2. The summed E-state index contributed by atoms with van der Waals surface area (Å²) in [7, 11) is 3.35. The smallest absolute Gasteiger partial charge is 0.338 e. The summed E-state index contributed by atoms with van der Waals surface area (Å²) >= 11 is 0. The summed E-state index contributed by atoms with van der Waals surface area (Å²) in [5.74, 6) is -5.36. The average molecular weight is 640 g/mol. The number of ether oxygens (including phenoxy) is 2. The third-order valence-corrected chi connectivity index (χ3v) is 8.57. The predicted octanol–water partition coefficient (Wildman–Crippen LogP) is 2.69. The van der Waals surface area contributed by atoms with E-state index in [1.807, 2.05) is 13.0 Å². The summed E-state index contributed by atoms with van der Waals surface area (Å²) in [6, 6.07) is 11.0. The molecule has 11 nitrogen and oxygen atoms in total. The standard InChI is InChI=1S/C35H47NO10/c1-8-21(3)23-11-10-12-24(16-23)22(4)15-26(30(38)36(6)7)18-35(5,9-2)34(44)46-20-27(37)19-45-33(43)28-14-13-25(31(39)40)17-29(28)32(41)42/h10-14,16-17,21-22,26-27,37H,8-9,15,18-20H2,1-7H3,(H,39,40)(H,41,42)/p-2. The third kappa shape index (κ3) is 10.1. The molecule has 2 rings (SSSR count). The van der Waals surface area contributed by atoms with E-state index < -0.39 is 71.2 Å². The number of hydrogen-bond donors (Lipinski definition) is 1. The zero-order chi connectivity index (χ0) is 34.8. The molecule has 0 aromatic heterocycles. The number of amides is 1. The summed E-state index contributed by atoms with van der Waals surface area (Å²) in [5, 5.41) is 32.8. The maximum atomic E-state index is 13.3. The molecule has 2 aromatic carbocycles. The molecule has 46 heavy (non-hydrogen) atoms. The highest BCUT2D eigenvalue weighted by molar-refractivity contribution is 6.03. The van der Waals surface area contributed by atoms with Gasteiger partial charge in [0.1, 0.15) is 19.3 Å². The van der Waals surface area contributed by atoms with Gasteiger partial charge in [-0.2, -0.15) is 0 Å². The number of carbonyl (C=O) groups excluding carboxylic acids is 5. The van der Waals surface area contributed by atoms with Crippen LogP contribution in [0.1, 0.15) is 114 Å². The summed E-state index contributed by atoms with van der Waals surface area (Å²) < 4.78 is 10.4. The molecule has 5 unspecified atom stereocenters. The fraction of sp³-hybridized carbons (Fsp3) is 0.514. The number of carboxylic acids is 2. The molecule has 0 saturated carbocycles. The van der Waals surface area contributed by atoms with Gasteiger partial charge in [-0.1, -0.05) is 58.0 Å². The predicted molar refractivity (Wildman–Crippen MR) is 166 cm³/mol. The summed E-state index contributed by atoms with van der Waals surface area (Å²) in [5.41, 5.74) is -0.372. The summed E-state index contributed by atoms with van der Waals surface area (Å²) in [6.07, 6.45) is 0.658. The number of nitrogens with zero attached hydrogens (tertiary/aromatic N) is 1. The van der Waals surface area contributed by atoms with E-state index >= 15 is 0 Å². The Kier molecular flexibility index (Phi) is 13.9. The fourth-order valence-electron chi connectivity index (χ4n) is 5.19. The largest absolute Gasteiger partial charge is 0.545 e. The Bertz CT molecular complexity index is 1400. The van der Waals surface area contributed by atoms with Crippen molar-refractivity contribution in [2.75, 3.05) is 27.3 Å². The van der Waals surface area contributed by atoms with Crippen LogP contribution in [0.5, 0.6) is 0 Å². The third-order valence-electron chi connectivity index (χ3n) is 8.57. The molecule has 0 aliphatic rings. The van der Waals surface area contributed by atoms with Crippen LogP contribution < -0.4 is 10.2 Å². The minimum atomic E-state index is -1.80. The highest BCUT2D eigenvalue weighted by atomic mass is 16.6. The lowest BCUT2D eigenvalue weighted by Gasteiger charge is -2.32. The molecule has 0 saturated heterocycles. The molecular formula is C35H45NO10-2. The van der Waals surface area contributed by atoms with Gasteiger partial charge in [0.2, 0.25) is 5.91 Å². The molecule has 0 spiro atoms. The van der Waals surface area contributed by atoms with Gasteiger partial charge in [-0.25, -0.2) is 4.79 Å². The van der Waals surface area contributed by atoms with Crippen molar-refractivity contribution < 1.29 is 48.8 Å². The van der Waals surface area contributed by atoms with E-state index in [1.165, 1.54) is 10.5 Å². The van der Waals surface area contributed by atoms with Crippen molar-refractivity contribution in [2.24, 2.45) is 11.3 Å². The quantitative estimate of drug-likeness (QED) is 0.254. The van der Waals surface area contributed by atoms with E-state index in [0.717, 1.165) is 24.1 Å². The molecule has 0 fully saturated rings. The molecule has 0 heterocycles. The van der Waals surface area contributed by atoms with Gasteiger partial charge in [0, 0.05) is 25.6 Å². The summed E-state index contributed by atoms with van der Waals surface area (Å²) in [4.78, 5) is 63.0. The monoisotopic (exact) mass is 639 g/mol. The highest BCUT2D eigenvalue weighted by Gasteiger charge is 2.39. The number of hydrogen-bond acceptors (Lipinski definition) is 10. The lowest BCUT2D eigenvalue weighted by atomic mass is 9.75. The molecular weight excluding hydrogens is 594 g/mol. The van der Waals surface area contributed by atoms with Crippen LogP contribution in [0.25, 0.3) is 0 Å². The van der Waals surface area contributed by atoms with Gasteiger partial charge < -0.3 is 39.3 Å². The Morgan fingerprint density at radius 3 is 2.02 bits per heavy atom. The number of rotatable bonds is 17. The number of esters is 2. The second kappa shape index (κ2) is 16.9.